The standard InChI is InChI=1S/C8H7NO.ClH/c10-8-7-4-2-1-3-6(7)5-9-8;/h1-4H,5H2,(H,9,10);1H/p-1. The Bertz CT molecular complexity index is 285. The van der Waals surface area contributed by atoms with Gasteiger partial charge >= 0.3 is 0 Å². The van der Waals surface area contributed by atoms with E-state index in [-0.39, 0.29) is 18.3 Å². The molecule has 1 aliphatic rings. The van der Waals surface area contributed by atoms with E-state index in [1.54, 1.807) is 0 Å². The van der Waals surface area contributed by atoms with Gasteiger partial charge in [-0.1, -0.05) is 18.2 Å². The maximum atomic E-state index is 11.0. The predicted octanol–water partition coefficient (Wildman–Crippen LogP) is -2.07. The molecule has 11 heavy (non-hydrogen) atoms. The second-order valence-corrected chi connectivity index (χ2v) is 2.34. The maximum absolute atomic E-state index is 11.0. The van der Waals surface area contributed by atoms with Gasteiger partial charge in [0.15, 0.2) is 0 Å². The fourth-order valence-electron chi connectivity index (χ4n) is 1.17. The van der Waals surface area contributed by atoms with Crippen LogP contribution in [0.1, 0.15) is 15.9 Å². The Morgan fingerprint density at radius 3 is 2.73 bits per heavy atom. The van der Waals surface area contributed by atoms with Gasteiger partial charge in [0.1, 0.15) is 0 Å². The lowest BCUT2D eigenvalue weighted by Gasteiger charge is -1.89. The van der Waals surface area contributed by atoms with Crippen LogP contribution in [0.2, 0.25) is 0 Å². The van der Waals surface area contributed by atoms with Gasteiger partial charge in [0.05, 0.1) is 0 Å². The quantitative estimate of drug-likeness (QED) is 0.474. The first-order chi connectivity index (χ1) is 4.88. The molecule has 0 unspecified atom stereocenters. The number of benzene rings is 1. The molecular formula is C8H7ClNO-. The number of carbonyl (C=O) groups is 1. The van der Waals surface area contributed by atoms with Crippen molar-refractivity contribution in [2.45, 2.75) is 6.54 Å². The lowest BCUT2D eigenvalue weighted by molar-refractivity contribution is -0.0000103. The van der Waals surface area contributed by atoms with E-state index in [9.17, 15) is 4.79 Å². The van der Waals surface area contributed by atoms with Crippen LogP contribution in [0.3, 0.4) is 0 Å². The third kappa shape index (κ3) is 1.21. The summed E-state index contributed by atoms with van der Waals surface area (Å²) in [5, 5.41) is 2.75. The first-order valence-electron chi connectivity index (χ1n) is 3.24. The van der Waals surface area contributed by atoms with Gasteiger partial charge in [-0.2, -0.15) is 0 Å². The zero-order valence-electron chi connectivity index (χ0n) is 5.80. The van der Waals surface area contributed by atoms with Crippen LogP contribution in [-0.4, -0.2) is 5.91 Å². The van der Waals surface area contributed by atoms with Crippen molar-refractivity contribution in [1.82, 2.24) is 5.32 Å². The molecule has 1 aromatic rings. The van der Waals surface area contributed by atoms with Gasteiger partial charge < -0.3 is 17.7 Å². The largest absolute Gasteiger partial charge is 1.00 e. The Balaban J connectivity index is 0.000000605. The number of nitrogens with one attached hydrogen (secondary N) is 1. The van der Waals surface area contributed by atoms with Crippen LogP contribution in [0.5, 0.6) is 0 Å². The molecule has 0 spiro atoms. The van der Waals surface area contributed by atoms with E-state index >= 15 is 0 Å². The summed E-state index contributed by atoms with van der Waals surface area (Å²) in [5.41, 5.74) is 1.93. The van der Waals surface area contributed by atoms with Crippen LogP contribution in [0.25, 0.3) is 0 Å². The Morgan fingerprint density at radius 2 is 2.00 bits per heavy atom. The minimum atomic E-state index is 0. The molecule has 1 amide bonds. The highest BCUT2D eigenvalue weighted by molar-refractivity contribution is 5.98. The van der Waals surface area contributed by atoms with Crippen molar-refractivity contribution in [2.75, 3.05) is 0 Å². The van der Waals surface area contributed by atoms with E-state index in [1.165, 1.54) is 0 Å². The number of fused-ring (bicyclic) bond motifs is 1. The van der Waals surface area contributed by atoms with Crippen LogP contribution in [0.15, 0.2) is 24.3 Å². The predicted molar refractivity (Wildman–Crippen MR) is 37.6 cm³/mol. The summed E-state index contributed by atoms with van der Waals surface area (Å²) in [6.45, 7) is 0.689. The van der Waals surface area contributed by atoms with Gasteiger partial charge in [-0.15, -0.1) is 0 Å². The number of carbonyl (C=O) groups excluding carboxylic acids is 1. The normalized spacial score (nSPS) is 13.3. The van der Waals surface area contributed by atoms with Crippen LogP contribution in [0, 0.1) is 0 Å². The van der Waals surface area contributed by atoms with Crippen molar-refractivity contribution in [3.63, 3.8) is 0 Å². The molecule has 1 aromatic carbocycles. The highest BCUT2D eigenvalue weighted by Crippen LogP contribution is 2.13. The van der Waals surface area contributed by atoms with Crippen LogP contribution >= 0.6 is 0 Å². The summed E-state index contributed by atoms with van der Waals surface area (Å²) in [7, 11) is 0. The summed E-state index contributed by atoms with van der Waals surface area (Å²) in [5.74, 6) is 0.0515. The van der Waals surface area contributed by atoms with Crippen molar-refractivity contribution in [1.29, 1.82) is 0 Å². The van der Waals surface area contributed by atoms with E-state index in [4.69, 9.17) is 0 Å². The van der Waals surface area contributed by atoms with Gasteiger partial charge in [0.25, 0.3) is 5.91 Å². The molecule has 3 heteroatoms. The SMILES string of the molecule is O=C1NCc2ccccc21.[Cl-]. The Kier molecular flexibility index (Phi) is 2.15. The highest BCUT2D eigenvalue weighted by atomic mass is 35.5. The maximum Gasteiger partial charge on any atom is 0.251 e. The van der Waals surface area contributed by atoms with Crippen molar-refractivity contribution in [3.05, 3.63) is 35.4 Å². The second kappa shape index (κ2) is 2.93. The lowest BCUT2D eigenvalue weighted by atomic mass is 10.1. The Hall–Kier alpha value is -1.02. The minimum absolute atomic E-state index is 0. The zero-order chi connectivity index (χ0) is 6.97. The average molecular weight is 169 g/mol. The van der Waals surface area contributed by atoms with Crippen molar-refractivity contribution in [2.24, 2.45) is 0 Å². The van der Waals surface area contributed by atoms with Crippen LogP contribution in [-0.2, 0) is 6.54 Å². The number of halogens is 1. The molecule has 1 N–H and O–H groups in total. The summed E-state index contributed by atoms with van der Waals surface area (Å²) in [6.07, 6.45) is 0. The fraction of sp³-hybridized carbons (Fsp3) is 0.125. The molecule has 0 atom stereocenters. The monoisotopic (exact) mass is 168 g/mol. The lowest BCUT2D eigenvalue weighted by Crippen LogP contribution is -3.00. The molecule has 0 saturated carbocycles. The fourth-order valence-corrected chi connectivity index (χ4v) is 1.17. The molecule has 2 nitrogen and oxygen atoms in total. The first-order valence-corrected chi connectivity index (χ1v) is 3.24. The molecule has 0 bridgehead atoms. The number of rotatable bonds is 0. The van der Waals surface area contributed by atoms with Crippen molar-refractivity contribution in [3.8, 4) is 0 Å². The average Bonchev–Trinajstić information content (AvgIpc) is 2.34. The molecule has 0 aliphatic carbocycles. The van der Waals surface area contributed by atoms with Gasteiger partial charge in [-0.05, 0) is 11.6 Å². The molecule has 1 aliphatic heterocycles. The second-order valence-electron chi connectivity index (χ2n) is 2.34. The zero-order valence-corrected chi connectivity index (χ0v) is 6.56. The van der Waals surface area contributed by atoms with E-state index in [0.717, 1.165) is 11.1 Å². The summed E-state index contributed by atoms with van der Waals surface area (Å²) >= 11 is 0. The smallest absolute Gasteiger partial charge is 0.251 e. The first kappa shape index (κ1) is 8.08. The summed E-state index contributed by atoms with van der Waals surface area (Å²) < 4.78 is 0. The molecule has 0 aromatic heterocycles. The van der Waals surface area contributed by atoms with Crippen LogP contribution < -0.4 is 17.7 Å². The van der Waals surface area contributed by atoms with E-state index < -0.39 is 0 Å². The third-order valence-corrected chi connectivity index (χ3v) is 1.70. The molecule has 0 radical (unpaired) electrons. The Morgan fingerprint density at radius 1 is 1.27 bits per heavy atom. The molecule has 1 heterocycles. The molecule has 2 rings (SSSR count). The number of hydrogen-bond acceptors (Lipinski definition) is 1. The van der Waals surface area contributed by atoms with Crippen molar-refractivity contribution < 1.29 is 17.2 Å². The summed E-state index contributed by atoms with van der Waals surface area (Å²) in [4.78, 5) is 11.0. The van der Waals surface area contributed by atoms with E-state index in [0.29, 0.717) is 6.54 Å². The minimum Gasteiger partial charge on any atom is -1.00 e. The van der Waals surface area contributed by atoms with Gasteiger partial charge in [0.2, 0.25) is 0 Å². The summed E-state index contributed by atoms with van der Waals surface area (Å²) in [6, 6.07) is 7.63. The van der Waals surface area contributed by atoms with Crippen LogP contribution in [0.4, 0.5) is 0 Å². The highest BCUT2D eigenvalue weighted by Gasteiger charge is 2.16. The number of hydrogen-bond donors (Lipinski definition) is 1. The number of amides is 1. The van der Waals surface area contributed by atoms with Gasteiger partial charge in [-0.25, -0.2) is 0 Å². The van der Waals surface area contributed by atoms with E-state index in [1.807, 2.05) is 24.3 Å². The van der Waals surface area contributed by atoms with E-state index in [2.05, 4.69) is 5.32 Å². The molecule has 0 fully saturated rings. The molecule has 0 saturated heterocycles. The van der Waals surface area contributed by atoms with Gasteiger partial charge in [-0.3, -0.25) is 4.79 Å². The van der Waals surface area contributed by atoms with Gasteiger partial charge in [0, 0.05) is 12.1 Å². The molecular weight excluding hydrogens is 162 g/mol. The van der Waals surface area contributed by atoms with Crippen molar-refractivity contribution >= 4 is 5.91 Å². The third-order valence-electron chi connectivity index (χ3n) is 1.70. The Labute approximate surface area is 71.0 Å². The topological polar surface area (TPSA) is 29.1 Å². The molecule has 58 valence electrons.